The zero-order valence-corrected chi connectivity index (χ0v) is 19.5. The van der Waals surface area contributed by atoms with Crippen LogP contribution in [0.4, 0.5) is 0 Å². The van der Waals surface area contributed by atoms with E-state index in [9.17, 15) is 14.7 Å². The number of hydrogen-bond donors (Lipinski definition) is 2. The summed E-state index contributed by atoms with van der Waals surface area (Å²) in [5.74, 6) is -1.08. The van der Waals surface area contributed by atoms with Gasteiger partial charge in [0, 0.05) is 0 Å². The fourth-order valence-corrected chi connectivity index (χ4v) is 2.69. The van der Waals surface area contributed by atoms with Crippen molar-refractivity contribution in [3.8, 4) is 5.75 Å². The molecule has 2 rings (SSSR count). The lowest BCUT2D eigenvalue weighted by Gasteiger charge is -2.23. The number of hydrogen-bond acceptors (Lipinski definition) is 4. The molecule has 0 amide bonds. The Morgan fingerprint density at radius 2 is 1.55 bits per heavy atom. The third-order valence-corrected chi connectivity index (χ3v) is 4.61. The fraction of sp³-hybridized carbons (Fsp3) is 0.440. The number of benzene rings is 2. The van der Waals surface area contributed by atoms with E-state index < -0.39 is 17.9 Å². The SMILES string of the molecule is CC(C)Cc1ccc(C(C)C(=O)O)cc1.C[N+](C)(C)CCOC(=O)c1ccccc1O. The summed E-state index contributed by atoms with van der Waals surface area (Å²) in [4.78, 5) is 22.3. The third-order valence-electron chi connectivity index (χ3n) is 4.61. The standard InChI is InChI=1S/C13H18O2.C12H17NO3/c1-9(2)8-11-4-6-12(7-5-11)10(3)13(14)15;1-13(2,3)8-9-16-12(15)10-6-4-5-7-11(10)14/h4-7,9-10H,8H2,1-3H3,(H,14,15);4-7H,8-9H2,1-3H3/p+1. The molecule has 0 bridgehead atoms. The van der Waals surface area contributed by atoms with Crippen LogP contribution in [-0.2, 0) is 16.0 Å². The summed E-state index contributed by atoms with van der Waals surface area (Å²) in [6.07, 6.45) is 1.04. The second-order valence-corrected chi connectivity index (χ2v) is 9.07. The first-order valence-electron chi connectivity index (χ1n) is 10.5. The zero-order chi connectivity index (χ0) is 23.6. The van der Waals surface area contributed by atoms with E-state index in [1.807, 2.05) is 45.4 Å². The van der Waals surface area contributed by atoms with Gasteiger partial charge in [-0.15, -0.1) is 0 Å². The molecule has 2 aromatic rings. The molecule has 0 aliphatic carbocycles. The number of likely N-dealkylation sites (N-methyl/N-ethyl adjacent to an activating group) is 1. The zero-order valence-electron chi connectivity index (χ0n) is 19.5. The Morgan fingerprint density at radius 1 is 0.968 bits per heavy atom. The Morgan fingerprint density at radius 3 is 2.03 bits per heavy atom. The van der Waals surface area contributed by atoms with Crippen molar-refractivity contribution in [2.24, 2.45) is 5.92 Å². The quantitative estimate of drug-likeness (QED) is 0.481. The summed E-state index contributed by atoms with van der Waals surface area (Å²) >= 11 is 0. The van der Waals surface area contributed by atoms with E-state index in [-0.39, 0.29) is 11.3 Å². The molecule has 6 nitrogen and oxygen atoms in total. The van der Waals surface area contributed by atoms with E-state index >= 15 is 0 Å². The maximum Gasteiger partial charge on any atom is 0.342 e. The molecule has 31 heavy (non-hydrogen) atoms. The summed E-state index contributed by atoms with van der Waals surface area (Å²) in [6, 6.07) is 14.2. The van der Waals surface area contributed by atoms with Crippen LogP contribution < -0.4 is 0 Å². The van der Waals surface area contributed by atoms with E-state index in [1.54, 1.807) is 25.1 Å². The van der Waals surface area contributed by atoms with Gasteiger partial charge in [-0.25, -0.2) is 4.79 Å². The molecular weight excluding hydrogens is 394 g/mol. The van der Waals surface area contributed by atoms with E-state index in [1.165, 1.54) is 11.6 Å². The molecule has 0 spiro atoms. The Balaban J connectivity index is 0.000000311. The van der Waals surface area contributed by atoms with Crippen LogP contribution in [0.5, 0.6) is 5.75 Å². The minimum Gasteiger partial charge on any atom is -0.507 e. The van der Waals surface area contributed by atoms with Gasteiger partial charge in [-0.05, 0) is 42.5 Å². The lowest BCUT2D eigenvalue weighted by molar-refractivity contribution is -0.870. The lowest BCUT2D eigenvalue weighted by Crippen LogP contribution is -2.38. The Labute approximate surface area is 185 Å². The van der Waals surface area contributed by atoms with Gasteiger partial charge in [0.05, 0.1) is 27.1 Å². The van der Waals surface area contributed by atoms with Crippen LogP contribution in [0.2, 0.25) is 0 Å². The van der Waals surface area contributed by atoms with Crippen LogP contribution in [0.1, 0.15) is 48.2 Å². The van der Waals surface area contributed by atoms with Crippen molar-refractivity contribution < 1.29 is 29.0 Å². The average Bonchev–Trinajstić information content (AvgIpc) is 2.67. The van der Waals surface area contributed by atoms with Crippen molar-refractivity contribution in [2.75, 3.05) is 34.3 Å². The molecule has 0 saturated heterocycles. The topological polar surface area (TPSA) is 83.8 Å². The molecule has 0 heterocycles. The average molecular weight is 431 g/mol. The monoisotopic (exact) mass is 430 g/mol. The largest absolute Gasteiger partial charge is 0.507 e. The first-order chi connectivity index (χ1) is 14.4. The highest BCUT2D eigenvalue weighted by Gasteiger charge is 2.14. The molecule has 0 aliphatic heterocycles. The normalized spacial score (nSPS) is 12.0. The molecule has 170 valence electrons. The minimum atomic E-state index is -0.772. The van der Waals surface area contributed by atoms with Crippen molar-refractivity contribution in [1.29, 1.82) is 0 Å². The van der Waals surface area contributed by atoms with E-state index in [0.717, 1.165) is 23.0 Å². The molecule has 0 aliphatic rings. The highest BCUT2D eigenvalue weighted by Crippen LogP contribution is 2.18. The maximum absolute atomic E-state index is 11.6. The molecule has 0 aromatic heterocycles. The first-order valence-corrected chi connectivity index (χ1v) is 10.5. The highest BCUT2D eigenvalue weighted by atomic mass is 16.5. The van der Waals surface area contributed by atoms with Gasteiger partial charge in [-0.2, -0.15) is 0 Å². The number of esters is 1. The minimum absolute atomic E-state index is 0.0438. The Hall–Kier alpha value is -2.86. The fourth-order valence-electron chi connectivity index (χ4n) is 2.69. The summed E-state index contributed by atoms with van der Waals surface area (Å²) < 4.78 is 5.80. The Bertz CT molecular complexity index is 838. The van der Waals surface area contributed by atoms with Gasteiger partial charge in [0.25, 0.3) is 0 Å². The molecule has 2 N–H and O–H groups in total. The van der Waals surface area contributed by atoms with Gasteiger partial charge in [-0.3, -0.25) is 4.79 Å². The maximum atomic E-state index is 11.6. The molecule has 0 radical (unpaired) electrons. The number of phenolic OH excluding ortho intramolecular Hbond substituents is 1. The summed E-state index contributed by atoms with van der Waals surface area (Å²) in [7, 11) is 6.06. The number of aliphatic carboxylic acids is 1. The van der Waals surface area contributed by atoms with Crippen LogP contribution in [0.15, 0.2) is 48.5 Å². The van der Waals surface area contributed by atoms with Crippen molar-refractivity contribution in [1.82, 2.24) is 0 Å². The predicted octanol–water partition coefficient (Wildman–Crippen LogP) is 4.33. The molecule has 2 aromatic carbocycles. The second kappa shape index (κ2) is 12.1. The summed E-state index contributed by atoms with van der Waals surface area (Å²) in [5, 5.41) is 18.3. The van der Waals surface area contributed by atoms with Crippen LogP contribution in [-0.4, -0.2) is 60.9 Å². The second-order valence-electron chi connectivity index (χ2n) is 9.07. The van der Waals surface area contributed by atoms with Crippen molar-refractivity contribution >= 4 is 11.9 Å². The van der Waals surface area contributed by atoms with Gasteiger partial charge in [0.15, 0.2) is 0 Å². The number of quaternary nitrogens is 1. The van der Waals surface area contributed by atoms with Crippen LogP contribution in [0.3, 0.4) is 0 Å². The van der Waals surface area contributed by atoms with Gasteiger partial charge >= 0.3 is 11.9 Å². The van der Waals surface area contributed by atoms with E-state index in [2.05, 4.69) is 13.8 Å². The predicted molar refractivity (Wildman–Crippen MR) is 122 cm³/mol. The molecule has 0 saturated carbocycles. The van der Waals surface area contributed by atoms with Gasteiger partial charge in [-0.1, -0.05) is 50.2 Å². The van der Waals surface area contributed by atoms with Crippen molar-refractivity contribution in [3.05, 3.63) is 65.2 Å². The molecule has 6 heteroatoms. The molecule has 1 unspecified atom stereocenters. The number of rotatable bonds is 8. The Kier molecular flexibility index (Phi) is 10.2. The van der Waals surface area contributed by atoms with Crippen LogP contribution >= 0.6 is 0 Å². The van der Waals surface area contributed by atoms with Gasteiger partial charge < -0.3 is 19.4 Å². The lowest BCUT2D eigenvalue weighted by atomic mass is 9.97. The smallest absolute Gasteiger partial charge is 0.342 e. The van der Waals surface area contributed by atoms with Gasteiger partial charge in [0.2, 0.25) is 0 Å². The van der Waals surface area contributed by atoms with Crippen LogP contribution in [0.25, 0.3) is 0 Å². The highest BCUT2D eigenvalue weighted by molar-refractivity contribution is 5.92. The number of nitrogens with zero attached hydrogens (tertiary/aromatic N) is 1. The number of aromatic hydroxyl groups is 1. The van der Waals surface area contributed by atoms with Gasteiger partial charge in [0.1, 0.15) is 24.5 Å². The number of carbonyl (C=O) groups is 2. The number of ether oxygens (including phenoxy) is 1. The van der Waals surface area contributed by atoms with E-state index in [0.29, 0.717) is 12.5 Å². The third kappa shape index (κ3) is 10.1. The molecular formula is C25H36NO5+. The number of phenols is 1. The molecule has 0 fully saturated rings. The van der Waals surface area contributed by atoms with Crippen molar-refractivity contribution in [2.45, 2.75) is 33.1 Å². The molecule has 1 atom stereocenters. The first kappa shape index (κ1) is 26.2. The number of para-hydroxylation sites is 1. The van der Waals surface area contributed by atoms with Crippen molar-refractivity contribution in [3.63, 3.8) is 0 Å². The number of carboxylic acids is 1. The summed E-state index contributed by atoms with van der Waals surface area (Å²) in [5.41, 5.74) is 2.35. The van der Waals surface area contributed by atoms with E-state index in [4.69, 9.17) is 9.84 Å². The number of carboxylic acid groups (broad SMARTS) is 1. The number of carbonyl (C=O) groups excluding carboxylic acids is 1. The summed E-state index contributed by atoms with van der Waals surface area (Å²) in [6.45, 7) is 7.14. The van der Waals surface area contributed by atoms with Crippen LogP contribution in [0, 0.1) is 5.92 Å².